The van der Waals surface area contributed by atoms with E-state index in [1.807, 2.05) is 0 Å². The van der Waals surface area contributed by atoms with Crippen molar-refractivity contribution < 1.29 is 13.7 Å². The van der Waals surface area contributed by atoms with E-state index < -0.39 is 12.0 Å². The van der Waals surface area contributed by atoms with Gasteiger partial charge in [0.05, 0.1) is 0 Å². The molecule has 1 aliphatic heterocycles. The number of unbranched alkanes of at least 4 members (excludes halogenated alkanes) is 1. The molecular weight excluding hydrogens is 223 g/mol. The van der Waals surface area contributed by atoms with Gasteiger partial charge in [0.2, 0.25) is 0 Å². The van der Waals surface area contributed by atoms with E-state index >= 15 is 0 Å². The van der Waals surface area contributed by atoms with Crippen LogP contribution in [0.25, 0.3) is 0 Å². The van der Waals surface area contributed by atoms with Crippen molar-refractivity contribution in [1.82, 2.24) is 0 Å². The third kappa shape index (κ3) is 10.4. The number of aliphatic carboxylic acids is 1. The van der Waals surface area contributed by atoms with Crippen molar-refractivity contribution in [2.45, 2.75) is 43.4 Å². The molecule has 0 amide bonds. The summed E-state index contributed by atoms with van der Waals surface area (Å²) in [5, 5.41) is 9.74. The molecule has 0 aliphatic carbocycles. The Labute approximate surface area is 104 Å². The quantitative estimate of drug-likeness (QED) is 0.472. The summed E-state index contributed by atoms with van der Waals surface area (Å²) in [5.41, 5.74) is 10.4. The average molecular weight is 246 g/mol. The molecule has 1 heterocycles. The first-order chi connectivity index (χ1) is 7.68. The lowest BCUT2D eigenvalue weighted by Crippen LogP contribution is -2.29. The van der Waals surface area contributed by atoms with E-state index in [1.165, 1.54) is 18.1 Å². The van der Waals surface area contributed by atoms with Gasteiger partial charge in [-0.05, 0) is 25.8 Å². The van der Waals surface area contributed by atoms with Crippen molar-refractivity contribution in [2.24, 2.45) is 11.5 Å². The fourth-order valence-electron chi connectivity index (χ4n) is 1.32. The third-order valence-corrected chi connectivity index (χ3v) is 3.73. The summed E-state index contributed by atoms with van der Waals surface area (Å²) >= 11 is 0.00849. The van der Waals surface area contributed by atoms with Gasteiger partial charge in [0.25, 0.3) is 0 Å². The van der Waals surface area contributed by atoms with Crippen LogP contribution in [0.4, 0.5) is 0 Å². The molecule has 16 heavy (non-hydrogen) atoms. The van der Waals surface area contributed by atoms with Crippen LogP contribution in [0, 0.1) is 0 Å². The Kier molecular flexibility index (Phi) is 11.3. The second-order valence-electron chi connectivity index (χ2n) is 3.90. The number of rotatable bonds is 5. The molecule has 5 nitrogen and oxygen atoms in total. The van der Waals surface area contributed by atoms with Crippen molar-refractivity contribution in [2.75, 3.05) is 13.2 Å². The van der Waals surface area contributed by atoms with Crippen molar-refractivity contribution >= 4 is 21.5 Å². The van der Waals surface area contributed by atoms with Crippen molar-refractivity contribution in [1.29, 1.82) is 0 Å². The topological polar surface area (TPSA) is 98.6 Å². The van der Waals surface area contributed by atoms with Gasteiger partial charge in [-0.25, -0.2) is 0 Å². The van der Waals surface area contributed by atoms with Crippen LogP contribution in [0.3, 0.4) is 0 Å². The van der Waals surface area contributed by atoms with E-state index in [1.54, 1.807) is 0 Å². The number of carbonyl (C=O) groups is 1. The summed E-state index contributed by atoms with van der Waals surface area (Å²) in [6.45, 7) is 1.67. The summed E-state index contributed by atoms with van der Waals surface area (Å²) < 4.78 is 5.21. The summed E-state index contributed by atoms with van der Waals surface area (Å²) in [6, 6.07) is -0.716. The van der Waals surface area contributed by atoms with Gasteiger partial charge < -0.3 is 20.4 Å². The summed E-state index contributed by atoms with van der Waals surface area (Å²) in [7, 11) is 0. The Morgan fingerprint density at radius 2 is 2.19 bits per heavy atom. The third-order valence-electron chi connectivity index (χ3n) is 2.36. The zero-order valence-corrected chi connectivity index (χ0v) is 11.3. The van der Waals surface area contributed by atoms with Gasteiger partial charge in [-0.3, -0.25) is 4.79 Å². The molecule has 1 saturated heterocycles. The van der Waals surface area contributed by atoms with Gasteiger partial charge in [0.1, 0.15) is 6.04 Å². The van der Waals surface area contributed by atoms with Crippen LogP contribution in [0.5, 0.6) is 0 Å². The fourth-order valence-corrected chi connectivity index (χ4v) is 2.49. The van der Waals surface area contributed by atoms with Crippen molar-refractivity contribution in [3.05, 3.63) is 0 Å². The van der Waals surface area contributed by atoms with Crippen molar-refractivity contribution in [3.8, 4) is 0 Å². The largest absolute Gasteiger partial charge is 0.503 e. The minimum absolute atomic E-state index is 0.00849. The van der Waals surface area contributed by atoms with E-state index in [0.29, 0.717) is 13.0 Å². The number of carboxylic acids is 1. The first-order valence-electron chi connectivity index (χ1n) is 5.94. The van der Waals surface area contributed by atoms with Gasteiger partial charge in [0.15, 0.2) is 0 Å². The second kappa shape index (κ2) is 11.4. The molecule has 1 fully saturated rings. The molecule has 0 aromatic heterocycles. The van der Waals surface area contributed by atoms with Crippen LogP contribution in [-0.4, -0.2) is 45.8 Å². The van der Waals surface area contributed by atoms with Crippen LogP contribution in [-0.2, 0) is 8.58 Å². The summed E-state index contributed by atoms with van der Waals surface area (Å²) in [5.74, 6) is -0.933. The number of hydrogen-bond acceptors (Lipinski definition) is 4. The molecule has 1 aliphatic rings. The molecule has 1 atom stereocenters. The predicted molar refractivity (Wildman–Crippen MR) is 65.7 cm³/mol. The first-order valence-corrected chi connectivity index (χ1v) is 7.52. The van der Waals surface area contributed by atoms with Crippen LogP contribution < -0.4 is 11.5 Å². The van der Waals surface area contributed by atoms with Crippen LogP contribution in [0.1, 0.15) is 32.1 Å². The maximum Gasteiger partial charge on any atom is 0.435 e. The number of nitrogens with two attached hydrogens (primary N) is 2. The second-order valence-corrected chi connectivity index (χ2v) is 5.43. The average Bonchev–Trinajstić information content (AvgIpc) is 2.32. The molecule has 1 rings (SSSR count). The molecule has 0 saturated carbocycles. The summed E-state index contributed by atoms with van der Waals surface area (Å²) in [4.78, 5) is 10.1. The monoisotopic (exact) mass is 246 g/mol. The van der Waals surface area contributed by atoms with Gasteiger partial charge in [0, 0.05) is 6.61 Å². The maximum absolute atomic E-state index is 10.1. The Bertz CT molecular complexity index is 166. The molecule has 94 valence electrons. The van der Waals surface area contributed by atoms with Gasteiger partial charge in [-0.15, -0.1) is 0 Å². The zero-order valence-electron chi connectivity index (χ0n) is 9.86. The number of carboxylic acid groups (broad SMARTS) is 1. The molecule has 0 radical (unpaired) electrons. The molecule has 0 unspecified atom stereocenters. The number of hydrogen-bond donors (Lipinski definition) is 3. The molecule has 0 aromatic carbocycles. The highest BCUT2D eigenvalue weighted by Gasteiger charge is 2.09. The summed E-state index contributed by atoms with van der Waals surface area (Å²) in [6.07, 6.45) is 4.91. The molecule has 6 heteroatoms. The molecular formula is C10H23AlN2O3. The van der Waals surface area contributed by atoms with E-state index in [4.69, 9.17) is 20.4 Å². The first kappa shape index (κ1) is 15.9. The van der Waals surface area contributed by atoms with E-state index in [-0.39, 0.29) is 15.6 Å². The van der Waals surface area contributed by atoms with Crippen LogP contribution in [0.2, 0.25) is 5.28 Å². The van der Waals surface area contributed by atoms with E-state index in [2.05, 4.69) is 0 Å². The highest BCUT2D eigenvalue weighted by Crippen LogP contribution is 2.01. The Morgan fingerprint density at radius 1 is 1.44 bits per heavy atom. The van der Waals surface area contributed by atoms with Crippen LogP contribution in [0.15, 0.2) is 0 Å². The molecule has 0 spiro atoms. The standard InChI is InChI=1S/C6H14N2O2.C4H8O.Al.H/c7-4-2-1-3-5(8)6(9)10;1-2-3-4-5;;/h5H,1-4,7-8H2,(H,9,10);1-4H2;;/q;-1;+1;/t5-;;;/m0.../s1. The Morgan fingerprint density at radius 3 is 2.50 bits per heavy atom. The normalized spacial score (nSPS) is 16.6. The minimum atomic E-state index is -0.933. The zero-order chi connectivity index (χ0) is 12.2. The van der Waals surface area contributed by atoms with Gasteiger partial charge in [-0.2, -0.15) is 0 Å². The molecule has 0 bridgehead atoms. The maximum atomic E-state index is 10.1. The van der Waals surface area contributed by atoms with Gasteiger partial charge in [-0.1, -0.05) is 18.1 Å². The SMILES string of the molecule is C1C[CH2][AlH][O]C1.NCCCC[C@H](N)C(=O)O. The Hall–Kier alpha value is -0.118. The smallest absolute Gasteiger partial charge is 0.435 e. The predicted octanol–water partition coefficient (Wildman–Crippen LogP) is 0.0939. The van der Waals surface area contributed by atoms with Crippen LogP contribution >= 0.6 is 0 Å². The highest BCUT2D eigenvalue weighted by atomic mass is 27.1. The highest BCUT2D eigenvalue weighted by molar-refractivity contribution is 6.27. The molecule has 5 N–H and O–H groups in total. The molecule has 0 aromatic rings. The van der Waals surface area contributed by atoms with Gasteiger partial charge >= 0.3 is 21.5 Å². The lowest BCUT2D eigenvalue weighted by molar-refractivity contribution is -0.138. The van der Waals surface area contributed by atoms with Crippen molar-refractivity contribution in [3.63, 3.8) is 0 Å². The lowest BCUT2D eigenvalue weighted by Gasteiger charge is -2.06. The van der Waals surface area contributed by atoms with E-state index in [0.717, 1.165) is 19.4 Å². The van der Waals surface area contributed by atoms with E-state index in [9.17, 15) is 4.79 Å². The minimum Gasteiger partial charge on any atom is -0.503 e. The fraction of sp³-hybridized carbons (Fsp3) is 0.900. The lowest BCUT2D eigenvalue weighted by atomic mass is 10.1. The Balaban J connectivity index is 0.000000315.